The quantitative estimate of drug-likeness (QED) is 0.588. The first-order chi connectivity index (χ1) is 10.9. The zero-order chi connectivity index (χ0) is 17.0. The molecule has 2 aliphatic rings. The second kappa shape index (κ2) is 8.13. The van der Waals surface area contributed by atoms with Crippen LogP contribution in [0.2, 0.25) is 0 Å². The van der Waals surface area contributed by atoms with Gasteiger partial charge in [-0.15, -0.1) is 0 Å². The van der Waals surface area contributed by atoms with Crippen LogP contribution in [0.4, 0.5) is 0 Å². The number of rotatable bonds is 4. The molecule has 0 aromatic heterocycles. The van der Waals surface area contributed by atoms with Gasteiger partial charge in [0.05, 0.1) is 13.2 Å². The van der Waals surface area contributed by atoms with E-state index in [2.05, 4.69) is 20.8 Å². The van der Waals surface area contributed by atoms with Gasteiger partial charge >= 0.3 is 5.97 Å². The number of hydrogen-bond donors (Lipinski definition) is 0. The molecule has 2 rings (SSSR count). The summed E-state index contributed by atoms with van der Waals surface area (Å²) in [7, 11) is 0. The molecule has 0 spiro atoms. The highest BCUT2D eigenvalue weighted by Crippen LogP contribution is 2.35. The van der Waals surface area contributed by atoms with Crippen LogP contribution in [0.1, 0.15) is 47.0 Å². The number of amides is 1. The standard InChI is InChI=1S/C18H31NO4/c1-12(2)15-6-5-13(3)11-16(15)23-18(21)14(4)17(20)19-7-9-22-10-8-19/h12-16H,5-11H2,1-4H3/t13-,14?,15-,16+/m1/s1. The Morgan fingerprint density at radius 1 is 1.13 bits per heavy atom. The minimum absolute atomic E-state index is 0.0498. The Morgan fingerprint density at radius 3 is 2.39 bits per heavy atom. The predicted molar refractivity (Wildman–Crippen MR) is 87.8 cm³/mol. The summed E-state index contributed by atoms with van der Waals surface area (Å²) in [4.78, 5) is 26.6. The van der Waals surface area contributed by atoms with Crippen molar-refractivity contribution in [3.8, 4) is 0 Å². The smallest absolute Gasteiger partial charge is 0.318 e. The summed E-state index contributed by atoms with van der Waals surface area (Å²) in [6, 6.07) is 0. The molecular weight excluding hydrogens is 294 g/mol. The molecule has 0 radical (unpaired) electrons. The van der Waals surface area contributed by atoms with Crippen LogP contribution in [-0.2, 0) is 19.1 Å². The maximum absolute atomic E-state index is 12.5. The predicted octanol–water partition coefficient (Wildman–Crippen LogP) is 2.49. The number of hydrogen-bond acceptors (Lipinski definition) is 4. The molecule has 0 aromatic rings. The lowest BCUT2D eigenvalue weighted by Gasteiger charge is -2.37. The first kappa shape index (κ1) is 18.2. The molecule has 0 bridgehead atoms. The number of ether oxygens (including phenoxy) is 2. The van der Waals surface area contributed by atoms with Crippen LogP contribution in [0.25, 0.3) is 0 Å². The second-order valence-corrected chi connectivity index (χ2v) is 7.46. The fourth-order valence-corrected chi connectivity index (χ4v) is 3.66. The topological polar surface area (TPSA) is 55.8 Å². The van der Waals surface area contributed by atoms with Crippen LogP contribution in [0.5, 0.6) is 0 Å². The van der Waals surface area contributed by atoms with Gasteiger partial charge in [-0.25, -0.2) is 0 Å². The highest BCUT2D eigenvalue weighted by molar-refractivity contribution is 5.97. The molecule has 1 heterocycles. The lowest BCUT2D eigenvalue weighted by Crippen LogP contribution is -2.46. The van der Waals surface area contributed by atoms with E-state index in [1.165, 1.54) is 6.42 Å². The fraction of sp³-hybridized carbons (Fsp3) is 0.889. The van der Waals surface area contributed by atoms with Crippen molar-refractivity contribution in [3.63, 3.8) is 0 Å². The summed E-state index contributed by atoms with van der Waals surface area (Å²) in [6.45, 7) is 10.5. The average molecular weight is 325 g/mol. The lowest BCUT2D eigenvalue weighted by molar-refractivity contribution is -0.165. The molecule has 0 N–H and O–H groups in total. The summed E-state index contributed by atoms with van der Waals surface area (Å²) < 4.78 is 11.0. The highest BCUT2D eigenvalue weighted by Gasteiger charge is 2.36. The zero-order valence-electron chi connectivity index (χ0n) is 14.9. The van der Waals surface area contributed by atoms with E-state index in [0.29, 0.717) is 44.1 Å². The summed E-state index contributed by atoms with van der Waals surface area (Å²) in [5.41, 5.74) is 0. The second-order valence-electron chi connectivity index (χ2n) is 7.46. The summed E-state index contributed by atoms with van der Waals surface area (Å²) in [5.74, 6) is 0.243. The SMILES string of the molecule is CC(C(=O)O[C@H]1C[C@H](C)CC[C@@H]1C(C)C)C(=O)N1CCOCC1. The van der Waals surface area contributed by atoms with E-state index in [9.17, 15) is 9.59 Å². The number of carbonyl (C=O) groups excluding carboxylic acids is 2. The van der Waals surface area contributed by atoms with Gasteiger partial charge in [-0.3, -0.25) is 9.59 Å². The van der Waals surface area contributed by atoms with Crippen LogP contribution in [-0.4, -0.2) is 49.2 Å². The summed E-state index contributed by atoms with van der Waals surface area (Å²) >= 11 is 0. The Labute approximate surface area is 139 Å². The number of carbonyl (C=O) groups is 2. The Balaban J connectivity index is 1.94. The first-order valence-corrected chi connectivity index (χ1v) is 8.97. The molecule has 1 saturated carbocycles. The third kappa shape index (κ3) is 4.69. The van der Waals surface area contributed by atoms with Gasteiger partial charge in [-0.2, -0.15) is 0 Å². The van der Waals surface area contributed by atoms with Crippen LogP contribution >= 0.6 is 0 Å². The molecule has 1 saturated heterocycles. The summed E-state index contributed by atoms with van der Waals surface area (Å²) in [6.07, 6.45) is 3.15. The van der Waals surface area contributed by atoms with Crippen molar-refractivity contribution < 1.29 is 19.1 Å². The third-order valence-electron chi connectivity index (χ3n) is 5.28. The van der Waals surface area contributed by atoms with E-state index < -0.39 is 5.92 Å². The van der Waals surface area contributed by atoms with Crippen LogP contribution < -0.4 is 0 Å². The average Bonchev–Trinajstić information content (AvgIpc) is 2.54. The van der Waals surface area contributed by atoms with E-state index in [4.69, 9.17) is 9.47 Å². The fourth-order valence-electron chi connectivity index (χ4n) is 3.66. The molecular formula is C18H31NO4. The Morgan fingerprint density at radius 2 is 1.78 bits per heavy atom. The van der Waals surface area contributed by atoms with Crippen molar-refractivity contribution in [2.24, 2.45) is 23.7 Å². The van der Waals surface area contributed by atoms with Gasteiger partial charge in [0, 0.05) is 13.1 Å². The normalized spacial score (nSPS) is 30.1. The molecule has 132 valence electrons. The Hall–Kier alpha value is -1.10. The minimum Gasteiger partial charge on any atom is -0.461 e. The van der Waals surface area contributed by atoms with Gasteiger partial charge in [0.2, 0.25) is 5.91 Å². The van der Waals surface area contributed by atoms with Gasteiger partial charge in [0.15, 0.2) is 0 Å². The van der Waals surface area contributed by atoms with Gasteiger partial charge in [-0.05, 0) is 37.5 Å². The van der Waals surface area contributed by atoms with Crippen LogP contribution in [0, 0.1) is 23.7 Å². The number of nitrogens with zero attached hydrogens (tertiary/aromatic N) is 1. The van der Waals surface area contributed by atoms with Crippen molar-refractivity contribution in [1.29, 1.82) is 0 Å². The molecule has 2 fully saturated rings. The van der Waals surface area contributed by atoms with Crippen molar-refractivity contribution in [2.45, 2.75) is 53.1 Å². The van der Waals surface area contributed by atoms with Crippen molar-refractivity contribution >= 4 is 11.9 Å². The molecule has 23 heavy (non-hydrogen) atoms. The first-order valence-electron chi connectivity index (χ1n) is 8.97. The van der Waals surface area contributed by atoms with Crippen molar-refractivity contribution in [3.05, 3.63) is 0 Å². The molecule has 1 aliphatic carbocycles. The van der Waals surface area contributed by atoms with Crippen LogP contribution in [0.3, 0.4) is 0 Å². The maximum Gasteiger partial charge on any atom is 0.318 e. The van der Waals surface area contributed by atoms with E-state index in [1.807, 2.05) is 0 Å². The molecule has 5 heteroatoms. The molecule has 0 aromatic carbocycles. The number of esters is 1. The lowest BCUT2D eigenvalue weighted by atomic mass is 9.75. The van der Waals surface area contributed by atoms with E-state index in [1.54, 1.807) is 11.8 Å². The molecule has 5 nitrogen and oxygen atoms in total. The monoisotopic (exact) mass is 325 g/mol. The molecule has 4 atom stereocenters. The highest BCUT2D eigenvalue weighted by atomic mass is 16.5. The Kier molecular flexibility index (Phi) is 6.45. The van der Waals surface area contributed by atoms with Gasteiger partial charge < -0.3 is 14.4 Å². The van der Waals surface area contributed by atoms with Crippen LogP contribution in [0.15, 0.2) is 0 Å². The molecule has 1 unspecified atom stereocenters. The van der Waals surface area contributed by atoms with Crippen molar-refractivity contribution in [1.82, 2.24) is 4.90 Å². The minimum atomic E-state index is -0.724. The molecule has 1 aliphatic heterocycles. The largest absolute Gasteiger partial charge is 0.461 e. The van der Waals surface area contributed by atoms with Gasteiger partial charge in [0.1, 0.15) is 12.0 Å². The summed E-state index contributed by atoms with van der Waals surface area (Å²) in [5, 5.41) is 0. The van der Waals surface area contributed by atoms with Crippen molar-refractivity contribution in [2.75, 3.05) is 26.3 Å². The van der Waals surface area contributed by atoms with Gasteiger partial charge in [-0.1, -0.05) is 27.2 Å². The van der Waals surface area contributed by atoms with Gasteiger partial charge in [0.25, 0.3) is 0 Å². The van der Waals surface area contributed by atoms with E-state index >= 15 is 0 Å². The number of morpholine rings is 1. The Bertz CT molecular complexity index is 417. The molecule has 1 amide bonds. The van der Waals surface area contributed by atoms with E-state index in [0.717, 1.165) is 12.8 Å². The maximum atomic E-state index is 12.5. The van der Waals surface area contributed by atoms with E-state index in [-0.39, 0.29) is 18.0 Å². The zero-order valence-corrected chi connectivity index (χ0v) is 14.9. The third-order valence-corrected chi connectivity index (χ3v) is 5.28.